The molecule has 2 aromatic carbocycles. The zero-order valence-electron chi connectivity index (χ0n) is 17.6. The minimum absolute atomic E-state index is 0.0609. The number of aliphatic hydroxyl groups excluding tert-OH is 1. The van der Waals surface area contributed by atoms with Gasteiger partial charge in [-0.1, -0.05) is 40.2 Å². The van der Waals surface area contributed by atoms with Crippen molar-refractivity contribution in [3.8, 4) is 5.75 Å². The van der Waals surface area contributed by atoms with Gasteiger partial charge in [0, 0.05) is 29.0 Å². The van der Waals surface area contributed by atoms with Crippen LogP contribution >= 0.6 is 15.9 Å². The fourth-order valence-electron chi connectivity index (χ4n) is 3.81. The average Bonchev–Trinajstić information content (AvgIpc) is 3.06. The molecule has 1 amide bonds. The lowest BCUT2D eigenvalue weighted by molar-refractivity contribution is -0.140. The van der Waals surface area contributed by atoms with Gasteiger partial charge >= 0.3 is 0 Å². The number of amides is 1. The van der Waals surface area contributed by atoms with Crippen LogP contribution in [0.5, 0.6) is 5.75 Å². The van der Waals surface area contributed by atoms with Gasteiger partial charge in [0.25, 0.3) is 11.7 Å². The first-order valence-corrected chi connectivity index (χ1v) is 10.8. The van der Waals surface area contributed by atoms with E-state index in [2.05, 4.69) is 20.9 Å². The van der Waals surface area contributed by atoms with Crippen molar-refractivity contribution in [2.75, 3.05) is 7.11 Å². The summed E-state index contributed by atoms with van der Waals surface area (Å²) in [4.78, 5) is 31.8. The standard InChI is InChI=1S/C25H21BrN2O4/c1-15-12-18(7-10-20(15)26)23(29)21-22(17-5-8-19(32-2)9-6-17)28(25(31)24(21)30)14-16-4-3-11-27-13-16/h3-13,22,29H,14H2,1-2H3/b23-21-. The maximum Gasteiger partial charge on any atom is 0.295 e. The molecule has 162 valence electrons. The summed E-state index contributed by atoms with van der Waals surface area (Å²) in [6.45, 7) is 2.08. The van der Waals surface area contributed by atoms with Crippen LogP contribution in [0.25, 0.3) is 5.76 Å². The van der Waals surface area contributed by atoms with E-state index in [-0.39, 0.29) is 17.9 Å². The van der Waals surface area contributed by atoms with Crippen LogP contribution in [0.2, 0.25) is 0 Å². The number of hydrogen-bond acceptors (Lipinski definition) is 5. The molecular weight excluding hydrogens is 472 g/mol. The number of Topliss-reactive ketones (excluding diaryl/α,β-unsaturated/α-hetero) is 1. The van der Waals surface area contributed by atoms with Crippen molar-refractivity contribution in [1.29, 1.82) is 0 Å². The predicted octanol–water partition coefficient (Wildman–Crippen LogP) is 4.78. The van der Waals surface area contributed by atoms with Crippen molar-refractivity contribution in [3.05, 3.63) is 99.3 Å². The van der Waals surface area contributed by atoms with Crippen LogP contribution in [-0.4, -0.2) is 33.8 Å². The van der Waals surface area contributed by atoms with Crippen molar-refractivity contribution in [1.82, 2.24) is 9.88 Å². The van der Waals surface area contributed by atoms with E-state index in [1.54, 1.807) is 68.0 Å². The number of methoxy groups -OCH3 is 1. The number of pyridine rings is 1. The molecule has 0 bridgehead atoms. The SMILES string of the molecule is COc1ccc(C2/C(=C(/O)c3ccc(Br)c(C)c3)C(=O)C(=O)N2Cc2cccnc2)cc1. The number of carbonyl (C=O) groups excluding carboxylic acids is 2. The molecule has 1 aromatic heterocycles. The van der Waals surface area contributed by atoms with Gasteiger partial charge in [0.05, 0.1) is 18.7 Å². The third kappa shape index (κ3) is 4.03. The highest BCUT2D eigenvalue weighted by atomic mass is 79.9. The highest BCUT2D eigenvalue weighted by molar-refractivity contribution is 9.10. The van der Waals surface area contributed by atoms with Crippen LogP contribution in [0.3, 0.4) is 0 Å². The summed E-state index contributed by atoms with van der Waals surface area (Å²) >= 11 is 3.45. The molecule has 1 fully saturated rings. The molecule has 7 heteroatoms. The van der Waals surface area contributed by atoms with E-state index < -0.39 is 17.7 Å². The minimum Gasteiger partial charge on any atom is -0.507 e. The van der Waals surface area contributed by atoms with Crippen molar-refractivity contribution < 1.29 is 19.4 Å². The Bertz CT molecular complexity index is 1210. The normalized spacial score (nSPS) is 17.6. The van der Waals surface area contributed by atoms with Gasteiger partial charge in [-0.15, -0.1) is 0 Å². The molecule has 1 N–H and O–H groups in total. The summed E-state index contributed by atoms with van der Waals surface area (Å²) < 4.78 is 6.13. The second-order valence-corrected chi connectivity index (χ2v) is 8.38. The molecule has 0 spiro atoms. The summed E-state index contributed by atoms with van der Waals surface area (Å²) in [7, 11) is 1.57. The van der Waals surface area contributed by atoms with Crippen molar-refractivity contribution in [3.63, 3.8) is 0 Å². The Hall–Kier alpha value is -3.45. The van der Waals surface area contributed by atoms with Crippen LogP contribution in [0.1, 0.15) is 28.3 Å². The molecule has 2 heterocycles. The van der Waals surface area contributed by atoms with Crippen LogP contribution in [0, 0.1) is 6.92 Å². The molecule has 1 aliphatic rings. The molecule has 0 radical (unpaired) electrons. The highest BCUT2D eigenvalue weighted by Crippen LogP contribution is 2.41. The number of halogens is 1. The summed E-state index contributed by atoms with van der Waals surface area (Å²) in [6.07, 6.45) is 3.30. The Kier molecular flexibility index (Phi) is 6.10. The molecule has 1 saturated heterocycles. The van der Waals surface area contributed by atoms with Crippen LogP contribution < -0.4 is 4.74 Å². The Morgan fingerprint density at radius 1 is 1.16 bits per heavy atom. The fraction of sp³-hybridized carbons (Fsp3) is 0.160. The first kappa shape index (κ1) is 21.8. The van der Waals surface area contributed by atoms with E-state index in [0.717, 1.165) is 15.6 Å². The maximum absolute atomic E-state index is 13.1. The highest BCUT2D eigenvalue weighted by Gasteiger charge is 2.46. The number of likely N-dealkylation sites (tertiary alicyclic amines) is 1. The lowest BCUT2D eigenvalue weighted by Crippen LogP contribution is -2.29. The first-order chi connectivity index (χ1) is 15.4. The smallest absolute Gasteiger partial charge is 0.295 e. The summed E-state index contributed by atoms with van der Waals surface area (Å²) in [5.74, 6) is -0.923. The van der Waals surface area contributed by atoms with Crippen molar-refractivity contribution in [2.45, 2.75) is 19.5 Å². The van der Waals surface area contributed by atoms with E-state index in [0.29, 0.717) is 16.9 Å². The Morgan fingerprint density at radius 3 is 2.53 bits per heavy atom. The number of aryl methyl sites for hydroxylation is 1. The van der Waals surface area contributed by atoms with Gasteiger partial charge in [-0.05, 0) is 53.9 Å². The second kappa shape index (κ2) is 8.96. The molecule has 1 aliphatic heterocycles. The number of hydrogen-bond donors (Lipinski definition) is 1. The first-order valence-electron chi connectivity index (χ1n) is 9.98. The van der Waals surface area contributed by atoms with E-state index in [4.69, 9.17) is 4.74 Å². The molecule has 32 heavy (non-hydrogen) atoms. The van der Waals surface area contributed by atoms with Gasteiger partial charge < -0.3 is 14.7 Å². The third-order valence-corrected chi connectivity index (χ3v) is 6.37. The molecule has 6 nitrogen and oxygen atoms in total. The van der Waals surface area contributed by atoms with E-state index in [1.807, 2.05) is 13.0 Å². The fourth-order valence-corrected chi connectivity index (χ4v) is 4.06. The van der Waals surface area contributed by atoms with Gasteiger partial charge in [-0.25, -0.2) is 0 Å². The van der Waals surface area contributed by atoms with Crippen LogP contribution in [0.15, 0.2) is 77.0 Å². The topological polar surface area (TPSA) is 79.7 Å². The van der Waals surface area contributed by atoms with Crippen LogP contribution in [-0.2, 0) is 16.1 Å². The van der Waals surface area contributed by atoms with E-state index in [1.165, 1.54) is 4.90 Å². The quantitative estimate of drug-likeness (QED) is 0.314. The van der Waals surface area contributed by atoms with Gasteiger partial charge in [0.2, 0.25) is 0 Å². The van der Waals surface area contributed by atoms with Gasteiger partial charge in [0.15, 0.2) is 0 Å². The lowest BCUT2D eigenvalue weighted by atomic mass is 9.94. The predicted molar refractivity (Wildman–Crippen MR) is 124 cm³/mol. The van der Waals surface area contributed by atoms with Gasteiger partial charge in [-0.2, -0.15) is 0 Å². The Labute approximate surface area is 194 Å². The maximum atomic E-state index is 13.1. The minimum atomic E-state index is -0.745. The Morgan fingerprint density at radius 2 is 1.91 bits per heavy atom. The number of rotatable bonds is 5. The number of ketones is 1. The average molecular weight is 493 g/mol. The molecular formula is C25H21BrN2O4. The van der Waals surface area contributed by atoms with Crippen molar-refractivity contribution in [2.24, 2.45) is 0 Å². The second-order valence-electron chi connectivity index (χ2n) is 7.53. The molecule has 1 atom stereocenters. The Balaban J connectivity index is 1.86. The van der Waals surface area contributed by atoms with Crippen LogP contribution in [0.4, 0.5) is 0 Å². The molecule has 3 aromatic rings. The zero-order chi connectivity index (χ0) is 22.8. The summed E-state index contributed by atoms with van der Waals surface area (Å²) in [5, 5.41) is 11.2. The van der Waals surface area contributed by atoms with E-state index >= 15 is 0 Å². The van der Waals surface area contributed by atoms with Gasteiger partial charge in [-0.3, -0.25) is 14.6 Å². The zero-order valence-corrected chi connectivity index (χ0v) is 19.2. The number of aromatic nitrogens is 1. The third-order valence-electron chi connectivity index (χ3n) is 5.48. The molecule has 1 unspecified atom stereocenters. The number of benzene rings is 2. The van der Waals surface area contributed by atoms with Gasteiger partial charge in [0.1, 0.15) is 11.5 Å². The van der Waals surface area contributed by atoms with E-state index in [9.17, 15) is 14.7 Å². The molecule has 0 aliphatic carbocycles. The number of aliphatic hydroxyl groups is 1. The number of ether oxygens (including phenoxy) is 1. The monoisotopic (exact) mass is 492 g/mol. The molecule has 4 rings (SSSR count). The largest absolute Gasteiger partial charge is 0.507 e. The number of nitrogens with zero attached hydrogens (tertiary/aromatic N) is 2. The number of carbonyl (C=O) groups is 2. The summed E-state index contributed by atoms with van der Waals surface area (Å²) in [5.41, 5.74) is 2.92. The molecule has 0 saturated carbocycles. The van der Waals surface area contributed by atoms with Crippen molar-refractivity contribution >= 4 is 33.4 Å². The lowest BCUT2D eigenvalue weighted by Gasteiger charge is -2.25. The summed E-state index contributed by atoms with van der Waals surface area (Å²) in [6, 6.07) is 15.3.